The lowest BCUT2D eigenvalue weighted by Crippen LogP contribution is -2.38. The molecule has 0 saturated carbocycles. The predicted octanol–water partition coefficient (Wildman–Crippen LogP) is 2.52. The normalized spacial score (nSPS) is 14.8. The van der Waals surface area contributed by atoms with Crippen molar-refractivity contribution >= 4 is 17.6 Å². The molecule has 166 valence electrons. The fourth-order valence-corrected chi connectivity index (χ4v) is 3.46. The van der Waals surface area contributed by atoms with Crippen LogP contribution in [0.25, 0.3) is 0 Å². The maximum absolute atomic E-state index is 12.3. The van der Waals surface area contributed by atoms with Crippen LogP contribution < -0.4 is 16.0 Å². The molecule has 1 aliphatic rings. The number of hydrogen-bond acceptors (Lipinski definition) is 4. The van der Waals surface area contributed by atoms with Crippen LogP contribution in [0.5, 0.6) is 0 Å². The summed E-state index contributed by atoms with van der Waals surface area (Å²) >= 11 is 0. The van der Waals surface area contributed by atoms with Crippen molar-refractivity contribution in [1.29, 1.82) is 0 Å². The Morgan fingerprint density at radius 3 is 2.61 bits per heavy atom. The Morgan fingerprint density at radius 1 is 1.06 bits per heavy atom. The lowest BCUT2D eigenvalue weighted by atomic mass is 10.1. The molecule has 0 bridgehead atoms. The van der Waals surface area contributed by atoms with E-state index in [0.29, 0.717) is 19.5 Å². The molecule has 7 nitrogen and oxygen atoms in total. The van der Waals surface area contributed by atoms with Gasteiger partial charge in [0.05, 0.1) is 13.2 Å². The molecule has 0 radical (unpaired) electrons. The predicted molar refractivity (Wildman–Crippen MR) is 125 cm³/mol. The Labute approximate surface area is 184 Å². The van der Waals surface area contributed by atoms with E-state index in [1.807, 2.05) is 36.4 Å². The fourth-order valence-electron chi connectivity index (χ4n) is 3.46. The third kappa shape index (κ3) is 7.70. The van der Waals surface area contributed by atoms with Gasteiger partial charge in [-0.25, -0.2) is 0 Å². The van der Waals surface area contributed by atoms with E-state index < -0.39 is 0 Å². The first-order valence-corrected chi connectivity index (χ1v) is 10.8. The summed E-state index contributed by atoms with van der Waals surface area (Å²) in [6, 6.07) is 16.2. The minimum absolute atomic E-state index is 0.0345. The average Bonchev–Trinajstić information content (AvgIpc) is 2.80. The highest BCUT2D eigenvalue weighted by Gasteiger charge is 2.12. The van der Waals surface area contributed by atoms with Gasteiger partial charge in [0.15, 0.2) is 5.96 Å². The second-order valence-electron chi connectivity index (χ2n) is 7.66. The van der Waals surface area contributed by atoms with Crippen LogP contribution in [-0.4, -0.2) is 56.7 Å². The molecule has 1 amide bonds. The van der Waals surface area contributed by atoms with Crippen molar-refractivity contribution in [2.45, 2.75) is 26.4 Å². The molecule has 0 spiro atoms. The van der Waals surface area contributed by atoms with Crippen LogP contribution in [-0.2, 0) is 22.6 Å². The summed E-state index contributed by atoms with van der Waals surface area (Å²) in [5.74, 6) is 0.774. The summed E-state index contributed by atoms with van der Waals surface area (Å²) in [5.41, 5.74) is 4.38. The second-order valence-corrected chi connectivity index (χ2v) is 7.66. The van der Waals surface area contributed by atoms with E-state index in [-0.39, 0.29) is 5.91 Å². The van der Waals surface area contributed by atoms with Crippen LogP contribution in [0.4, 0.5) is 5.69 Å². The van der Waals surface area contributed by atoms with Crippen molar-refractivity contribution in [3.63, 3.8) is 0 Å². The number of hydrogen-bond donors (Lipinski definition) is 3. The first-order chi connectivity index (χ1) is 15.1. The van der Waals surface area contributed by atoms with Crippen molar-refractivity contribution in [2.24, 2.45) is 4.99 Å². The van der Waals surface area contributed by atoms with E-state index >= 15 is 0 Å². The summed E-state index contributed by atoms with van der Waals surface area (Å²) in [4.78, 5) is 18.9. The van der Waals surface area contributed by atoms with E-state index in [1.165, 1.54) is 11.1 Å². The highest BCUT2D eigenvalue weighted by atomic mass is 16.5. The van der Waals surface area contributed by atoms with E-state index in [2.05, 4.69) is 44.9 Å². The van der Waals surface area contributed by atoms with Crippen LogP contribution in [0.15, 0.2) is 53.5 Å². The van der Waals surface area contributed by atoms with Gasteiger partial charge in [-0.15, -0.1) is 0 Å². The minimum atomic E-state index is 0.0345. The lowest BCUT2D eigenvalue weighted by Gasteiger charge is -2.26. The van der Waals surface area contributed by atoms with Gasteiger partial charge in [-0.3, -0.25) is 14.7 Å². The molecule has 1 saturated heterocycles. The smallest absolute Gasteiger partial charge is 0.225 e. The van der Waals surface area contributed by atoms with Crippen LogP contribution in [0.3, 0.4) is 0 Å². The molecular formula is C24H33N5O2. The molecule has 2 aromatic carbocycles. The molecule has 1 heterocycles. The van der Waals surface area contributed by atoms with Crippen LogP contribution in [0, 0.1) is 6.92 Å². The number of guanidine groups is 1. The minimum Gasteiger partial charge on any atom is -0.379 e. The zero-order chi connectivity index (χ0) is 21.9. The molecule has 3 rings (SSSR count). The number of rotatable bonds is 8. The molecule has 1 fully saturated rings. The third-order valence-corrected chi connectivity index (χ3v) is 5.36. The fraction of sp³-hybridized carbons (Fsp3) is 0.417. The zero-order valence-corrected chi connectivity index (χ0v) is 18.5. The number of aliphatic imine (C=N–C) groups is 1. The average molecular weight is 424 g/mol. The van der Waals surface area contributed by atoms with Crippen molar-refractivity contribution in [3.05, 3.63) is 65.2 Å². The van der Waals surface area contributed by atoms with E-state index in [9.17, 15) is 4.79 Å². The molecule has 3 N–H and O–H groups in total. The standard InChI is InChI=1S/C24H33N5O2/c1-19-6-3-4-8-21(19)18-27-24(25-2)26-17-20-7-5-9-22(16-20)28-23(30)10-11-29-12-14-31-15-13-29/h3-9,16H,10-15,17-18H2,1-2H3,(H,28,30)(H2,25,26,27). The summed E-state index contributed by atoms with van der Waals surface area (Å²) in [6.07, 6.45) is 0.484. The van der Waals surface area contributed by atoms with Crippen molar-refractivity contribution in [1.82, 2.24) is 15.5 Å². The van der Waals surface area contributed by atoms with Gasteiger partial charge < -0.3 is 20.7 Å². The van der Waals surface area contributed by atoms with Crippen LogP contribution >= 0.6 is 0 Å². The number of benzene rings is 2. The molecule has 0 unspecified atom stereocenters. The van der Waals surface area contributed by atoms with Gasteiger partial charge in [-0.1, -0.05) is 36.4 Å². The third-order valence-electron chi connectivity index (χ3n) is 5.36. The number of carbonyl (C=O) groups excluding carboxylic acids is 1. The van der Waals surface area contributed by atoms with Gasteiger partial charge in [-0.05, 0) is 35.7 Å². The number of morpholine rings is 1. The Hall–Kier alpha value is -2.90. The largest absolute Gasteiger partial charge is 0.379 e. The maximum Gasteiger partial charge on any atom is 0.225 e. The number of aryl methyl sites for hydroxylation is 1. The Bertz CT molecular complexity index is 878. The van der Waals surface area contributed by atoms with Crippen LogP contribution in [0.1, 0.15) is 23.1 Å². The van der Waals surface area contributed by atoms with E-state index in [1.54, 1.807) is 7.05 Å². The monoisotopic (exact) mass is 423 g/mol. The van der Waals surface area contributed by atoms with E-state index in [4.69, 9.17) is 4.74 Å². The molecule has 31 heavy (non-hydrogen) atoms. The first-order valence-electron chi connectivity index (χ1n) is 10.8. The summed E-state index contributed by atoms with van der Waals surface area (Å²) in [5, 5.41) is 9.68. The van der Waals surface area contributed by atoms with Crippen molar-refractivity contribution < 1.29 is 9.53 Å². The van der Waals surface area contributed by atoms with Gasteiger partial charge in [0, 0.05) is 51.9 Å². The van der Waals surface area contributed by atoms with Crippen LogP contribution in [0.2, 0.25) is 0 Å². The molecule has 0 aliphatic carbocycles. The van der Waals surface area contributed by atoms with E-state index in [0.717, 1.165) is 50.1 Å². The van der Waals surface area contributed by atoms with Crippen molar-refractivity contribution in [3.8, 4) is 0 Å². The first kappa shape index (κ1) is 22.8. The Morgan fingerprint density at radius 2 is 1.84 bits per heavy atom. The SMILES string of the molecule is CN=C(NCc1cccc(NC(=O)CCN2CCOCC2)c1)NCc1ccccc1C. The lowest BCUT2D eigenvalue weighted by molar-refractivity contribution is -0.116. The van der Waals surface area contributed by atoms with Crippen molar-refractivity contribution in [2.75, 3.05) is 45.2 Å². The summed E-state index contributed by atoms with van der Waals surface area (Å²) < 4.78 is 5.35. The van der Waals surface area contributed by atoms with Gasteiger partial charge in [0.2, 0.25) is 5.91 Å². The number of ether oxygens (including phenoxy) is 1. The molecule has 2 aromatic rings. The highest BCUT2D eigenvalue weighted by molar-refractivity contribution is 5.90. The molecule has 7 heteroatoms. The number of anilines is 1. The van der Waals surface area contributed by atoms with Gasteiger partial charge in [0.25, 0.3) is 0 Å². The Balaban J connectivity index is 1.44. The van der Waals surface area contributed by atoms with Gasteiger partial charge in [-0.2, -0.15) is 0 Å². The Kier molecular flexibility index (Phi) is 8.87. The summed E-state index contributed by atoms with van der Waals surface area (Å²) in [6.45, 7) is 7.49. The maximum atomic E-state index is 12.3. The molecule has 0 atom stereocenters. The topological polar surface area (TPSA) is 78.0 Å². The molecule has 1 aliphatic heterocycles. The zero-order valence-electron chi connectivity index (χ0n) is 18.5. The van der Waals surface area contributed by atoms with Gasteiger partial charge >= 0.3 is 0 Å². The number of amides is 1. The number of nitrogens with one attached hydrogen (secondary N) is 3. The van der Waals surface area contributed by atoms with Gasteiger partial charge in [0.1, 0.15) is 0 Å². The quantitative estimate of drug-likeness (QED) is 0.449. The highest BCUT2D eigenvalue weighted by Crippen LogP contribution is 2.11. The summed E-state index contributed by atoms with van der Waals surface area (Å²) in [7, 11) is 1.76. The number of nitrogens with zero attached hydrogens (tertiary/aromatic N) is 2. The second kappa shape index (κ2) is 12.1. The number of carbonyl (C=O) groups is 1. The molecular weight excluding hydrogens is 390 g/mol. The molecule has 0 aromatic heterocycles.